The Labute approximate surface area is 241 Å². The van der Waals surface area contributed by atoms with Gasteiger partial charge in [0.1, 0.15) is 21.9 Å². The van der Waals surface area contributed by atoms with Crippen molar-refractivity contribution in [3.05, 3.63) is 16.8 Å². The highest BCUT2D eigenvalue weighted by molar-refractivity contribution is 7.20. The fraction of sp³-hybridized carbons (Fsp3) is 0.700. The van der Waals surface area contributed by atoms with Crippen molar-refractivity contribution in [1.82, 2.24) is 20.2 Å². The lowest BCUT2D eigenvalue weighted by molar-refractivity contribution is -0.139. The van der Waals surface area contributed by atoms with E-state index in [4.69, 9.17) is 9.72 Å². The van der Waals surface area contributed by atoms with Crippen LogP contribution in [-0.4, -0.2) is 71.5 Å². The average Bonchev–Trinajstić information content (AvgIpc) is 3.27. The number of carbonyl (C=O) groups is 3. The average molecular weight is 570 g/mol. The van der Waals surface area contributed by atoms with Crippen LogP contribution < -0.4 is 10.2 Å². The molecule has 218 valence electrons. The second-order valence-electron chi connectivity index (χ2n) is 12.5. The second-order valence-corrected chi connectivity index (χ2v) is 13.5. The predicted octanol–water partition coefficient (Wildman–Crippen LogP) is 4.57. The molecule has 1 N–H and O–H groups in total. The molecule has 5 heterocycles. The van der Waals surface area contributed by atoms with E-state index in [1.807, 2.05) is 6.92 Å². The maximum absolute atomic E-state index is 13.7. The summed E-state index contributed by atoms with van der Waals surface area (Å²) in [5, 5.41) is 4.19. The van der Waals surface area contributed by atoms with Crippen molar-refractivity contribution in [2.45, 2.75) is 84.7 Å². The first kappa shape index (κ1) is 28.8. The van der Waals surface area contributed by atoms with Gasteiger partial charge < -0.3 is 19.9 Å². The lowest BCUT2D eigenvalue weighted by atomic mass is 9.77. The van der Waals surface area contributed by atoms with Crippen LogP contribution in [0.3, 0.4) is 0 Å². The first-order valence-corrected chi connectivity index (χ1v) is 15.6. The minimum atomic E-state index is -0.349. The van der Waals surface area contributed by atoms with Gasteiger partial charge >= 0.3 is 5.97 Å². The molecule has 5 atom stereocenters. The highest BCUT2D eigenvalue weighted by Gasteiger charge is 2.43. The number of nitrogens with zero attached hydrogens (tertiary/aromatic N) is 4. The normalized spacial score (nSPS) is 28.4. The molecule has 2 bridgehead atoms. The van der Waals surface area contributed by atoms with Crippen LogP contribution in [0.15, 0.2) is 6.33 Å². The van der Waals surface area contributed by atoms with E-state index in [0.29, 0.717) is 35.5 Å². The summed E-state index contributed by atoms with van der Waals surface area (Å²) in [5.74, 6) is 2.21. The number of rotatable bonds is 3. The Hall–Kier alpha value is -2.75. The minimum Gasteiger partial charge on any atom is -0.465 e. The molecule has 9 nitrogen and oxygen atoms in total. The van der Waals surface area contributed by atoms with Gasteiger partial charge in [0.2, 0.25) is 11.8 Å². The molecule has 3 fully saturated rings. The van der Waals surface area contributed by atoms with Crippen molar-refractivity contribution in [2.24, 2.45) is 23.7 Å². The molecule has 0 spiro atoms. The number of esters is 1. The third-order valence-corrected chi connectivity index (χ3v) is 10.4. The highest BCUT2D eigenvalue weighted by atomic mass is 32.1. The highest BCUT2D eigenvalue weighted by Crippen LogP contribution is 2.41. The van der Waals surface area contributed by atoms with E-state index in [1.165, 1.54) is 18.4 Å². The van der Waals surface area contributed by atoms with Crippen LogP contribution in [0.5, 0.6) is 0 Å². The number of nitrogens with one attached hydrogen (secondary N) is 1. The number of aryl methyl sites for hydroxylation is 1. The fourth-order valence-corrected chi connectivity index (χ4v) is 8.12. The van der Waals surface area contributed by atoms with Crippen LogP contribution in [0, 0.1) is 30.6 Å². The monoisotopic (exact) mass is 569 g/mol. The maximum Gasteiger partial charge on any atom is 0.348 e. The molecule has 10 heteroatoms. The Balaban J connectivity index is 1.40. The molecule has 2 aromatic rings. The number of carbonyl (C=O) groups excluding carboxylic acids is 3. The summed E-state index contributed by atoms with van der Waals surface area (Å²) in [5.41, 5.74) is 0.858. The molecule has 0 unspecified atom stereocenters. The van der Waals surface area contributed by atoms with Crippen LogP contribution in [0.2, 0.25) is 0 Å². The Morgan fingerprint density at radius 2 is 1.95 bits per heavy atom. The van der Waals surface area contributed by atoms with Crippen LogP contribution in [-0.2, 0) is 14.3 Å². The molecule has 2 aromatic heterocycles. The smallest absolute Gasteiger partial charge is 0.348 e. The van der Waals surface area contributed by atoms with Gasteiger partial charge in [-0.3, -0.25) is 9.59 Å². The first-order chi connectivity index (χ1) is 19.2. The van der Waals surface area contributed by atoms with Crippen LogP contribution >= 0.6 is 11.3 Å². The SMILES string of the molecule is COC(=O)c1sc2ncnc(N3C[C@@H]4C[C@@H](C3)[C@@H]3CCCC(=O)N[C@H](C(C)C)CC[C@@H](C)CC(=O)N3C4)c2c1C. The Morgan fingerprint density at radius 1 is 1.15 bits per heavy atom. The zero-order valence-electron chi connectivity index (χ0n) is 24.4. The molecule has 3 aliphatic heterocycles. The molecule has 3 aliphatic rings. The van der Waals surface area contributed by atoms with Crippen molar-refractivity contribution in [1.29, 1.82) is 0 Å². The van der Waals surface area contributed by atoms with E-state index in [9.17, 15) is 14.4 Å². The molecule has 2 amide bonds. The minimum absolute atomic E-state index is 0.111. The summed E-state index contributed by atoms with van der Waals surface area (Å²) in [7, 11) is 1.40. The van der Waals surface area contributed by atoms with Gasteiger partial charge in [0, 0.05) is 44.6 Å². The Morgan fingerprint density at radius 3 is 2.70 bits per heavy atom. The van der Waals surface area contributed by atoms with Crippen LogP contribution in [0.4, 0.5) is 5.82 Å². The molecular formula is C30H43N5O4S. The van der Waals surface area contributed by atoms with Crippen molar-refractivity contribution in [3.63, 3.8) is 0 Å². The lowest BCUT2D eigenvalue weighted by Gasteiger charge is -2.51. The van der Waals surface area contributed by atoms with Gasteiger partial charge in [-0.1, -0.05) is 20.8 Å². The molecule has 3 saturated heterocycles. The van der Waals surface area contributed by atoms with E-state index >= 15 is 0 Å². The number of aromatic nitrogens is 2. The number of hydrogen-bond donors (Lipinski definition) is 1. The van der Waals surface area contributed by atoms with Crippen LogP contribution in [0.25, 0.3) is 10.2 Å². The molecule has 40 heavy (non-hydrogen) atoms. The van der Waals surface area contributed by atoms with E-state index in [2.05, 4.69) is 40.9 Å². The summed E-state index contributed by atoms with van der Waals surface area (Å²) in [6.07, 6.45) is 7.16. The number of piperidine rings is 2. The van der Waals surface area contributed by atoms with E-state index < -0.39 is 0 Å². The van der Waals surface area contributed by atoms with Crippen LogP contribution in [0.1, 0.15) is 81.0 Å². The van der Waals surface area contributed by atoms with Gasteiger partial charge in [0.25, 0.3) is 0 Å². The summed E-state index contributed by atoms with van der Waals surface area (Å²) in [6, 6.07) is 0.269. The molecule has 5 rings (SSSR count). The number of ether oxygens (including phenoxy) is 1. The fourth-order valence-electron chi connectivity index (χ4n) is 7.06. The van der Waals surface area contributed by atoms with Crippen molar-refractivity contribution in [2.75, 3.05) is 31.6 Å². The summed E-state index contributed by atoms with van der Waals surface area (Å²) in [4.78, 5) is 54.0. The first-order valence-electron chi connectivity index (χ1n) is 14.8. The number of methoxy groups -OCH3 is 1. The molecule has 0 aromatic carbocycles. The quantitative estimate of drug-likeness (QED) is 0.540. The van der Waals surface area contributed by atoms with Crippen molar-refractivity contribution >= 4 is 45.2 Å². The number of thiophene rings is 1. The zero-order chi connectivity index (χ0) is 28.6. The number of anilines is 1. The standard InChI is InChI=1S/C30H43N5O4S/c1-17(2)22-10-9-18(3)11-25(37)35-14-20-12-21(23(35)7-6-8-24(36)33-22)15-34(13-20)28-26-19(4)27(30(38)39-5)40-29(26)32-16-31-28/h16-18,20-23H,6-15H2,1-5H3,(H,33,36)/t18-,20+,21+,22+,23+/m1/s1. The number of hydrogen-bond acceptors (Lipinski definition) is 8. The van der Waals surface area contributed by atoms with Gasteiger partial charge in [-0.05, 0) is 68.3 Å². The zero-order valence-corrected chi connectivity index (χ0v) is 25.3. The van der Waals surface area contributed by atoms with Gasteiger partial charge in [-0.25, -0.2) is 14.8 Å². The van der Waals surface area contributed by atoms with Gasteiger partial charge in [-0.15, -0.1) is 11.3 Å². The molecular weight excluding hydrogens is 526 g/mol. The van der Waals surface area contributed by atoms with Gasteiger partial charge in [0.15, 0.2) is 0 Å². The largest absolute Gasteiger partial charge is 0.465 e. The number of fused-ring (bicyclic) bond motifs is 5. The molecule has 0 aliphatic carbocycles. The summed E-state index contributed by atoms with van der Waals surface area (Å²) in [6.45, 7) is 10.8. The molecule has 0 saturated carbocycles. The second kappa shape index (κ2) is 12.0. The third kappa shape index (κ3) is 5.83. The summed E-state index contributed by atoms with van der Waals surface area (Å²) < 4.78 is 5.00. The van der Waals surface area contributed by atoms with E-state index in [1.54, 1.807) is 6.33 Å². The van der Waals surface area contributed by atoms with Crippen molar-refractivity contribution < 1.29 is 19.1 Å². The topological polar surface area (TPSA) is 105 Å². The van der Waals surface area contributed by atoms with Gasteiger partial charge in [-0.2, -0.15) is 0 Å². The number of amides is 2. The Kier molecular flexibility index (Phi) is 8.63. The summed E-state index contributed by atoms with van der Waals surface area (Å²) >= 11 is 1.35. The lowest BCUT2D eigenvalue weighted by Crippen LogP contribution is -2.59. The van der Waals surface area contributed by atoms with E-state index in [-0.39, 0.29) is 35.8 Å². The molecule has 0 radical (unpaired) electrons. The maximum atomic E-state index is 13.7. The predicted molar refractivity (Wildman–Crippen MR) is 156 cm³/mol. The van der Waals surface area contributed by atoms with Gasteiger partial charge in [0.05, 0.1) is 12.5 Å². The van der Waals surface area contributed by atoms with E-state index in [0.717, 1.165) is 73.3 Å². The Bertz CT molecular complexity index is 1260. The van der Waals surface area contributed by atoms with Crippen molar-refractivity contribution in [3.8, 4) is 0 Å². The third-order valence-electron chi connectivity index (χ3n) is 9.21.